The van der Waals surface area contributed by atoms with Crippen LogP contribution in [-0.4, -0.2) is 29.8 Å². The Labute approximate surface area is 95.8 Å². The van der Waals surface area contributed by atoms with Crippen LogP contribution in [0.25, 0.3) is 0 Å². The van der Waals surface area contributed by atoms with Crippen LogP contribution in [0.4, 0.5) is 0 Å². The van der Waals surface area contributed by atoms with E-state index in [4.69, 9.17) is 11.6 Å². The van der Waals surface area contributed by atoms with E-state index in [9.17, 15) is 4.79 Å². The third kappa shape index (κ3) is 3.27. The molecule has 0 unspecified atom stereocenters. The summed E-state index contributed by atoms with van der Waals surface area (Å²) in [6.45, 7) is 7.38. The number of carbonyl (C=O) groups is 1. The number of amides is 1. The lowest BCUT2D eigenvalue weighted by Gasteiger charge is -2.28. The van der Waals surface area contributed by atoms with Crippen LogP contribution in [0.5, 0.6) is 0 Å². The highest BCUT2D eigenvalue weighted by molar-refractivity contribution is 6.18. The fourth-order valence-electron chi connectivity index (χ4n) is 1.59. The molecule has 0 bridgehead atoms. The van der Waals surface area contributed by atoms with Crippen molar-refractivity contribution in [1.82, 2.24) is 10.2 Å². The topological polar surface area (TPSA) is 32.3 Å². The number of rotatable bonds is 5. The monoisotopic (exact) mass is 228 g/mol. The van der Waals surface area contributed by atoms with Gasteiger partial charge in [-0.25, -0.2) is 0 Å². The van der Waals surface area contributed by atoms with Gasteiger partial charge < -0.3 is 10.2 Å². The summed E-state index contributed by atoms with van der Waals surface area (Å²) in [6.07, 6.45) is 3.63. The van der Waals surface area contributed by atoms with Gasteiger partial charge >= 0.3 is 0 Å². The summed E-state index contributed by atoms with van der Waals surface area (Å²) in [4.78, 5) is 13.7. The summed E-state index contributed by atoms with van der Waals surface area (Å²) in [5, 5.41) is 2.74. The standard InChI is InChI=1S/C11H17ClN2O/c1-3-7-14(8-6-12)10-5-4-9(2)13-11(10)15/h5H,2-4,6-8H2,1H3,(H,13,15). The molecule has 0 aromatic carbocycles. The van der Waals surface area contributed by atoms with Gasteiger partial charge in [-0.3, -0.25) is 4.79 Å². The first-order chi connectivity index (χ1) is 7.19. The first-order valence-electron chi connectivity index (χ1n) is 5.19. The van der Waals surface area contributed by atoms with Crippen LogP contribution in [0.1, 0.15) is 19.8 Å². The number of hydrogen-bond donors (Lipinski definition) is 1. The summed E-state index contributed by atoms with van der Waals surface area (Å²) >= 11 is 5.71. The fourth-order valence-corrected chi connectivity index (χ4v) is 1.79. The van der Waals surface area contributed by atoms with Crippen molar-refractivity contribution in [2.75, 3.05) is 19.0 Å². The van der Waals surface area contributed by atoms with Crippen molar-refractivity contribution in [2.45, 2.75) is 19.8 Å². The van der Waals surface area contributed by atoms with Crippen molar-refractivity contribution >= 4 is 17.5 Å². The Hall–Kier alpha value is -0.960. The van der Waals surface area contributed by atoms with Crippen LogP contribution in [-0.2, 0) is 4.79 Å². The molecule has 84 valence electrons. The Bertz CT molecular complexity index is 280. The van der Waals surface area contributed by atoms with E-state index in [1.54, 1.807) is 0 Å². The number of nitrogens with zero attached hydrogens (tertiary/aromatic N) is 1. The normalized spacial score (nSPS) is 16.0. The molecule has 3 nitrogen and oxygen atoms in total. The maximum Gasteiger partial charge on any atom is 0.271 e. The van der Waals surface area contributed by atoms with Gasteiger partial charge in [0, 0.05) is 31.1 Å². The molecule has 0 saturated heterocycles. The van der Waals surface area contributed by atoms with Crippen LogP contribution in [0.2, 0.25) is 0 Å². The molecule has 0 aromatic heterocycles. The van der Waals surface area contributed by atoms with Crippen molar-refractivity contribution in [3.63, 3.8) is 0 Å². The highest BCUT2D eigenvalue weighted by atomic mass is 35.5. The second kappa shape index (κ2) is 5.81. The van der Waals surface area contributed by atoms with Gasteiger partial charge in [0.1, 0.15) is 0 Å². The predicted molar refractivity (Wildman–Crippen MR) is 62.6 cm³/mol. The molecule has 0 atom stereocenters. The van der Waals surface area contributed by atoms with E-state index < -0.39 is 0 Å². The van der Waals surface area contributed by atoms with Crippen LogP contribution >= 0.6 is 11.6 Å². The van der Waals surface area contributed by atoms with E-state index in [2.05, 4.69) is 18.8 Å². The Morgan fingerprint density at radius 2 is 2.33 bits per heavy atom. The third-order valence-electron chi connectivity index (χ3n) is 2.25. The largest absolute Gasteiger partial charge is 0.366 e. The SMILES string of the molecule is C=C1CC=C(N(CCC)CCCl)C(=O)N1. The number of carbonyl (C=O) groups excluding carboxylic acids is 1. The highest BCUT2D eigenvalue weighted by Crippen LogP contribution is 2.14. The van der Waals surface area contributed by atoms with Crippen molar-refractivity contribution in [2.24, 2.45) is 0 Å². The van der Waals surface area contributed by atoms with Crippen LogP contribution in [0.3, 0.4) is 0 Å². The zero-order valence-corrected chi connectivity index (χ0v) is 9.81. The predicted octanol–water partition coefficient (Wildman–Crippen LogP) is 1.85. The molecule has 0 aromatic rings. The van der Waals surface area contributed by atoms with Crippen LogP contribution in [0, 0.1) is 0 Å². The van der Waals surface area contributed by atoms with Crippen molar-refractivity contribution in [3.05, 3.63) is 24.0 Å². The lowest BCUT2D eigenvalue weighted by atomic mass is 10.1. The number of hydrogen-bond acceptors (Lipinski definition) is 2. The fraction of sp³-hybridized carbons (Fsp3) is 0.545. The van der Waals surface area contributed by atoms with Crippen molar-refractivity contribution in [1.29, 1.82) is 0 Å². The summed E-state index contributed by atoms with van der Waals surface area (Å²) < 4.78 is 0. The molecular formula is C11H17ClN2O. The van der Waals surface area contributed by atoms with Gasteiger partial charge in [-0.1, -0.05) is 13.5 Å². The highest BCUT2D eigenvalue weighted by Gasteiger charge is 2.20. The molecule has 1 N–H and O–H groups in total. The molecule has 1 amide bonds. The molecule has 1 aliphatic rings. The summed E-state index contributed by atoms with van der Waals surface area (Å²) in [7, 11) is 0. The van der Waals surface area contributed by atoms with E-state index in [1.165, 1.54) is 0 Å². The van der Waals surface area contributed by atoms with Gasteiger partial charge in [0.15, 0.2) is 0 Å². The minimum atomic E-state index is -0.0650. The van der Waals surface area contributed by atoms with Crippen molar-refractivity contribution in [3.8, 4) is 0 Å². The molecular weight excluding hydrogens is 212 g/mol. The zero-order valence-electron chi connectivity index (χ0n) is 9.05. The Balaban J connectivity index is 2.73. The number of nitrogens with one attached hydrogen (secondary N) is 1. The second-order valence-corrected chi connectivity index (χ2v) is 3.91. The number of halogens is 1. The average Bonchev–Trinajstić information content (AvgIpc) is 2.17. The maximum atomic E-state index is 11.7. The molecule has 1 heterocycles. The van der Waals surface area contributed by atoms with E-state index in [1.807, 2.05) is 11.0 Å². The zero-order chi connectivity index (χ0) is 11.3. The molecule has 0 saturated carbocycles. The molecule has 0 fully saturated rings. The van der Waals surface area contributed by atoms with E-state index in [-0.39, 0.29) is 5.91 Å². The van der Waals surface area contributed by atoms with Gasteiger partial charge in [-0.2, -0.15) is 0 Å². The lowest BCUT2D eigenvalue weighted by molar-refractivity contribution is -0.118. The van der Waals surface area contributed by atoms with Gasteiger partial charge in [-0.05, 0) is 12.5 Å². The smallest absolute Gasteiger partial charge is 0.271 e. The summed E-state index contributed by atoms with van der Waals surface area (Å²) in [5.74, 6) is 0.468. The summed E-state index contributed by atoms with van der Waals surface area (Å²) in [6, 6.07) is 0. The molecule has 0 aliphatic carbocycles. The molecule has 0 spiro atoms. The molecule has 0 radical (unpaired) electrons. The Kier molecular flexibility index (Phi) is 4.69. The first-order valence-corrected chi connectivity index (χ1v) is 5.72. The van der Waals surface area contributed by atoms with Gasteiger partial charge in [0.2, 0.25) is 0 Å². The lowest BCUT2D eigenvalue weighted by Crippen LogP contribution is -2.38. The Morgan fingerprint density at radius 1 is 1.60 bits per heavy atom. The minimum absolute atomic E-state index is 0.0650. The van der Waals surface area contributed by atoms with E-state index in [0.29, 0.717) is 18.8 Å². The van der Waals surface area contributed by atoms with Gasteiger partial charge in [0.25, 0.3) is 5.91 Å². The third-order valence-corrected chi connectivity index (χ3v) is 2.42. The van der Waals surface area contributed by atoms with E-state index in [0.717, 1.165) is 24.4 Å². The quantitative estimate of drug-likeness (QED) is 0.729. The molecule has 1 aliphatic heterocycles. The Morgan fingerprint density at radius 3 is 2.87 bits per heavy atom. The number of alkyl halides is 1. The van der Waals surface area contributed by atoms with Gasteiger partial charge in [-0.15, -0.1) is 11.6 Å². The molecule has 15 heavy (non-hydrogen) atoms. The summed E-state index contributed by atoms with van der Waals surface area (Å²) in [5.41, 5.74) is 1.48. The van der Waals surface area contributed by atoms with E-state index >= 15 is 0 Å². The average molecular weight is 229 g/mol. The maximum absolute atomic E-state index is 11.7. The van der Waals surface area contributed by atoms with Crippen molar-refractivity contribution < 1.29 is 4.79 Å². The van der Waals surface area contributed by atoms with Crippen LogP contribution < -0.4 is 5.32 Å². The molecule has 4 heteroatoms. The minimum Gasteiger partial charge on any atom is -0.366 e. The second-order valence-electron chi connectivity index (χ2n) is 3.53. The van der Waals surface area contributed by atoms with Crippen LogP contribution in [0.15, 0.2) is 24.0 Å². The number of allylic oxidation sites excluding steroid dienone is 1. The van der Waals surface area contributed by atoms with Gasteiger partial charge in [0.05, 0.1) is 5.70 Å². The first kappa shape index (κ1) is 12.1. The molecule has 1 rings (SSSR count).